The molecule has 1 heterocycles. The fourth-order valence-electron chi connectivity index (χ4n) is 3.05. The molecule has 3 unspecified atom stereocenters. The van der Waals surface area contributed by atoms with Crippen molar-refractivity contribution < 1.29 is 0 Å². The van der Waals surface area contributed by atoms with E-state index >= 15 is 0 Å². The van der Waals surface area contributed by atoms with Gasteiger partial charge in [-0.05, 0) is 18.0 Å². The lowest BCUT2D eigenvalue weighted by molar-refractivity contribution is 0.329. The van der Waals surface area contributed by atoms with Crippen molar-refractivity contribution in [2.24, 2.45) is 13.0 Å². The molecule has 0 fully saturated rings. The molecule has 0 bridgehead atoms. The molecule has 3 atom stereocenters. The molecular weight excluding hydrogens is 258 g/mol. The minimum atomic E-state index is 0.243. The molecule has 0 aliphatic heterocycles. The van der Waals surface area contributed by atoms with E-state index in [2.05, 4.69) is 73.0 Å². The number of aryl methyl sites for hydroxylation is 1. The van der Waals surface area contributed by atoms with Gasteiger partial charge in [0.15, 0.2) is 0 Å². The smallest absolute Gasteiger partial charge is 0.126 e. The van der Waals surface area contributed by atoms with Gasteiger partial charge in [-0.15, -0.1) is 0 Å². The summed E-state index contributed by atoms with van der Waals surface area (Å²) < 4.78 is 2.13. The van der Waals surface area contributed by atoms with Crippen molar-refractivity contribution in [1.29, 1.82) is 0 Å². The van der Waals surface area contributed by atoms with Crippen LogP contribution in [0.25, 0.3) is 0 Å². The van der Waals surface area contributed by atoms with E-state index in [1.807, 2.05) is 12.4 Å². The fourth-order valence-corrected chi connectivity index (χ4v) is 3.05. The maximum absolute atomic E-state index is 4.60. The van der Waals surface area contributed by atoms with Crippen molar-refractivity contribution in [1.82, 2.24) is 14.9 Å². The van der Waals surface area contributed by atoms with Crippen LogP contribution in [-0.4, -0.2) is 16.1 Å². The predicted octanol–water partition coefficient (Wildman–Crippen LogP) is 3.90. The van der Waals surface area contributed by atoms with Crippen molar-refractivity contribution >= 4 is 0 Å². The van der Waals surface area contributed by atoms with E-state index in [4.69, 9.17) is 0 Å². The molecule has 0 aliphatic rings. The highest BCUT2D eigenvalue weighted by Crippen LogP contribution is 2.37. The standard InChI is InChI=1S/C18H27N3/c1-5-14(3)16(15-10-8-7-9-11-15)17(19-6-2)18-20-12-13-21(18)4/h7-14,16-17,19H,5-6H2,1-4H3. The van der Waals surface area contributed by atoms with E-state index in [0.717, 1.165) is 18.8 Å². The van der Waals surface area contributed by atoms with Crippen LogP contribution < -0.4 is 5.32 Å². The van der Waals surface area contributed by atoms with Crippen molar-refractivity contribution in [2.45, 2.75) is 39.2 Å². The number of nitrogens with zero attached hydrogens (tertiary/aromatic N) is 2. The Morgan fingerprint density at radius 2 is 1.90 bits per heavy atom. The van der Waals surface area contributed by atoms with Crippen molar-refractivity contribution in [3.05, 3.63) is 54.1 Å². The highest BCUT2D eigenvalue weighted by atomic mass is 15.1. The van der Waals surface area contributed by atoms with Gasteiger partial charge in [-0.3, -0.25) is 0 Å². The van der Waals surface area contributed by atoms with Gasteiger partial charge in [0.2, 0.25) is 0 Å². The summed E-state index contributed by atoms with van der Waals surface area (Å²) in [6, 6.07) is 11.1. The number of likely N-dealkylation sites (N-methyl/N-ethyl adjacent to an activating group) is 1. The Labute approximate surface area is 128 Å². The summed E-state index contributed by atoms with van der Waals surface area (Å²) in [4.78, 5) is 4.60. The van der Waals surface area contributed by atoms with Crippen LogP contribution >= 0.6 is 0 Å². The summed E-state index contributed by atoms with van der Waals surface area (Å²) in [6.07, 6.45) is 5.07. The average Bonchev–Trinajstić information content (AvgIpc) is 2.93. The van der Waals surface area contributed by atoms with Gasteiger partial charge in [-0.2, -0.15) is 0 Å². The highest BCUT2D eigenvalue weighted by Gasteiger charge is 2.30. The average molecular weight is 285 g/mol. The molecule has 2 rings (SSSR count). The number of benzene rings is 1. The molecule has 0 saturated carbocycles. The molecular formula is C18H27N3. The van der Waals surface area contributed by atoms with E-state index < -0.39 is 0 Å². The monoisotopic (exact) mass is 285 g/mol. The van der Waals surface area contributed by atoms with Gasteiger partial charge in [0.25, 0.3) is 0 Å². The minimum Gasteiger partial charge on any atom is -0.337 e. The van der Waals surface area contributed by atoms with Gasteiger partial charge in [-0.25, -0.2) is 4.98 Å². The molecule has 114 valence electrons. The van der Waals surface area contributed by atoms with Gasteiger partial charge >= 0.3 is 0 Å². The lowest BCUT2D eigenvalue weighted by Gasteiger charge is -2.32. The van der Waals surface area contributed by atoms with Gasteiger partial charge in [-0.1, -0.05) is 57.5 Å². The Morgan fingerprint density at radius 1 is 1.19 bits per heavy atom. The fraction of sp³-hybridized carbons (Fsp3) is 0.500. The molecule has 1 N–H and O–H groups in total. The first-order valence-electron chi connectivity index (χ1n) is 7.94. The molecule has 3 heteroatoms. The number of hydrogen-bond donors (Lipinski definition) is 1. The van der Waals surface area contributed by atoms with Crippen LogP contribution in [0.4, 0.5) is 0 Å². The molecule has 0 radical (unpaired) electrons. The predicted molar refractivity (Wildman–Crippen MR) is 88.3 cm³/mol. The van der Waals surface area contributed by atoms with Crippen LogP contribution in [0.15, 0.2) is 42.7 Å². The van der Waals surface area contributed by atoms with E-state index in [1.54, 1.807) is 0 Å². The van der Waals surface area contributed by atoms with Crippen LogP contribution in [0.5, 0.6) is 0 Å². The third-order valence-corrected chi connectivity index (χ3v) is 4.36. The Balaban J connectivity index is 2.43. The maximum Gasteiger partial charge on any atom is 0.126 e. The maximum atomic E-state index is 4.60. The number of rotatable bonds is 7. The zero-order valence-corrected chi connectivity index (χ0v) is 13.6. The lowest BCUT2D eigenvalue weighted by Crippen LogP contribution is -2.32. The van der Waals surface area contributed by atoms with Crippen LogP contribution in [-0.2, 0) is 7.05 Å². The first-order chi connectivity index (χ1) is 10.2. The van der Waals surface area contributed by atoms with Gasteiger partial charge in [0.1, 0.15) is 5.82 Å². The largest absolute Gasteiger partial charge is 0.337 e. The highest BCUT2D eigenvalue weighted by molar-refractivity contribution is 5.24. The van der Waals surface area contributed by atoms with E-state index in [-0.39, 0.29) is 6.04 Å². The van der Waals surface area contributed by atoms with E-state index in [0.29, 0.717) is 11.8 Å². The molecule has 21 heavy (non-hydrogen) atoms. The van der Waals surface area contributed by atoms with Crippen LogP contribution in [0, 0.1) is 5.92 Å². The summed E-state index contributed by atoms with van der Waals surface area (Å²) in [5.74, 6) is 2.14. The summed E-state index contributed by atoms with van der Waals surface area (Å²) in [7, 11) is 2.07. The molecule has 1 aromatic carbocycles. The SMILES string of the molecule is CCNC(c1nccn1C)C(c1ccccc1)C(C)CC. The molecule has 0 aliphatic carbocycles. The second kappa shape index (κ2) is 7.41. The Hall–Kier alpha value is -1.61. The van der Waals surface area contributed by atoms with Gasteiger partial charge in [0.05, 0.1) is 6.04 Å². The third-order valence-electron chi connectivity index (χ3n) is 4.36. The summed E-state index contributed by atoms with van der Waals surface area (Å²) in [5, 5.41) is 3.66. The Morgan fingerprint density at radius 3 is 2.43 bits per heavy atom. The zero-order valence-electron chi connectivity index (χ0n) is 13.6. The van der Waals surface area contributed by atoms with Gasteiger partial charge < -0.3 is 9.88 Å². The minimum absolute atomic E-state index is 0.243. The summed E-state index contributed by atoms with van der Waals surface area (Å²) in [6.45, 7) is 7.71. The third kappa shape index (κ3) is 3.53. The van der Waals surface area contributed by atoms with Crippen molar-refractivity contribution in [2.75, 3.05) is 6.54 Å². The van der Waals surface area contributed by atoms with Gasteiger partial charge in [0, 0.05) is 25.4 Å². The quantitative estimate of drug-likeness (QED) is 0.836. The number of hydrogen-bond acceptors (Lipinski definition) is 2. The Kier molecular flexibility index (Phi) is 5.57. The summed E-state index contributed by atoms with van der Waals surface area (Å²) in [5.41, 5.74) is 1.39. The molecule has 0 saturated heterocycles. The topological polar surface area (TPSA) is 29.9 Å². The zero-order chi connectivity index (χ0) is 15.2. The number of imidazole rings is 1. The normalized spacial score (nSPS) is 15.6. The van der Waals surface area contributed by atoms with Crippen LogP contribution in [0.2, 0.25) is 0 Å². The van der Waals surface area contributed by atoms with Crippen molar-refractivity contribution in [3.63, 3.8) is 0 Å². The Bertz CT molecular complexity index is 532. The van der Waals surface area contributed by atoms with Crippen molar-refractivity contribution in [3.8, 4) is 0 Å². The molecule has 0 amide bonds. The molecule has 1 aromatic heterocycles. The second-order valence-corrected chi connectivity index (χ2v) is 5.75. The first-order valence-corrected chi connectivity index (χ1v) is 7.94. The summed E-state index contributed by atoms with van der Waals surface area (Å²) >= 11 is 0. The second-order valence-electron chi connectivity index (χ2n) is 5.75. The molecule has 0 spiro atoms. The first kappa shape index (κ1) is 15.8. The number of aromatic nitrogens is 2. The van der Waals surface area contributed by atoms with E-state index in [9.17, 15) is 0 Å². The van der Waals surface area contributed by atoms with Crippen LogP contribution in [0.1, 0.15) is 50.5 Å². The molecule has 2 aromatic rings. The van der Waals surface area contributed by atoms with E-state index in [1.165, 1.54) is 5.56 Å². The lowest BCUT2D eigenvalue weighted by atomic mass is 9.79. The van der Waals surface area contributed by atoms with Crippen LogP contribution in [0.3, 0.4) is 0 Å². The number of nitrogens with one attached hydrogen (secondary N) is 1. The molecule has 3 nitrogen and oxygen atoms in total.